The van der Waals surface area contributed by atoms with E-state index in [4.69, 9.17) is 14.5 Å². The van der Waals surface area contributed by atoms with Gasteiger partial charge >= 0.3 is 0 Å². The topological polar surface area (TPSA) is 71.5 Å². The molecular weight excluding hydrogens is 474 g/mol. The number of ether oxygens (including phenoxy) is 2. The highest BCUT2D eigenvalue weighted by atomic mass is 16.5. The second-order valence-corrected chi connectivity index (χ2v) is 8.63. The Morgan fingerprint density at radius 3 is 2.34 bits per heavy atom. The predicted molar refractivity (Wildman–Crippen MR) is 157 cm³/mol. The molecule has 0 unspecified atom stereocenters. The Bertz CT molecular complexity index is 1320. The Morgan fingerprint density at radius 2 is 1.66 bits per heavy atom. The van der Waals surface area contributed by atoms with E-state index in [0.29, 0.717) is 18.4 Å². The smallest absolute Gasteiger partial charge is 0.229 e. The summed E-state index contributed by atoms with van der Waals surface area (Å²) in [6.45, 7) is 11.8. The maximum absolute atomic E-state index is 5.91. The Hall–Kier alpha value is -4.36. The number of hydrogen-bond acceptors (Lipinski definition) is 7. The zero-order valence-electron chi connectivity index (χ0n) is 22.3. The first-order valence-corrected chi connectivity index (χ1v) is 12.9. The number of nitrogens with zero attached hydrogens (tertiary/aromatic N) is 3. The lowest BCUT2D eigenvalue weighted by molar-refractivity contribution is 0.223. The highest BCUT2D eigenvalue weighted by molar-refractivity contribution is 5.80. The van der Waals surface area contributed by atoms with Gasteiger partial charge in [-0.15, -0.1) is 0 Å². The first-order chi connectivity index (χ1) is 18.6. The van der Waals surface area contributed by atoms with Crippen molar-refractivity contribution >= 4 is 29.2 Å². The van der Waals surface area contributed by atoms with Crippen LogP contribution in [0.25, 0.3) is 17.2 Å². The molecule has 2 N–H and O–H groups in total. The summed E-state index contributed by atoms with van der Waals surface area (Å²) in [6, 6.07) is 23.7. The van der Waals surface area contributed by atoms with Gasteiger partial charge in [-0.2, -0.15) is 4.98 Å². The van der Waals surface area contributed by atoms with Gasteiger partial charge in [0.2, 0.25) is 5.95 Å². The molecule has 0 atom stereocenters. The summed E-state index contributed by atoms with van der Waals surface area (Å²) in [5.74, 6) is 2.70. The summed E-state index contributed by atoms with van der Waals surface area (Å²) in [5.41, 5.74) is 4.59. The third-order valence-electron chi connectivity index (χ3n) is 6.29. The molecule has 0 spiro atoms. The molecule has 38 heavy (non-hydrogen) atoms. The van der Waals surface area contributed by atoms with Crippen LogP contribution in [0.4, 0.5) is 23.1 Å². The third-order valence-corrected chi connectivity index (χ3v) is 6.29. The minimum absolute atomic E-state index is 0.476. The van der Waals surface area contributed by atoms with Crippen LogP contribution in [0.3, 0.4) is 0 Å². The molecule has 1 aromatic heterocycles. The number of nitrogens with one attached hydrogen (secondary N) is 2. The van der Waals surface area contributed by atoms with Crippen LogP contribution in [0.5, 0.6) is 11.5 Å². The minimum atomic E-state index is 0.476. The van der Waals surface area contributed by atoms with E-state index in [1.807, 2.05) is 85.1 Å². The molecule has 7 nitrogen and oxygen atoms in total. The lowest BCUT2D eigenvalue weighted by Crippen LogP contribution is -2.27. The van der Waals surface area contributed by atoms with E-state index in [9.17, 15) is 0 Å². The van der Waals surface area contributed by atoms with Crippen molar-refractivity contribution in [3.05, 3.63) is 91.1 Å². The molecule has 196 valence electrons. The van der Waals surface area contributed by atoms with Crippen LogP contribution in [-0.2, 0) is 0 Å². The van der Waals surface area contributed by atoms with Gasteiger partial charge in [-0.05, 0) is 60.6 Å². The van der Waals surface area contributed by atoms with Crippen molar-refractivity contribution in [2.75, 3.05) is 44.0 Å². The Morgan fingerprint density at radius 1 is 0.921 bits per heavy atom. The molecule has 0 saturated carbocycles. The van der Waals surface area contributed by atoms with E-state index in [1.54, 1.807) is 7.11 Å². The van der Waals surface area contributed by atoms with Crippen molar-refractivity contribution in [3.8, 4) is 22.6 Å². The van der Waals surface area contributed by atoms with E-state index in [0.717, 1.165) is 59.2 Å². The van der Waals surface area contributed by atoms with Gasteiger partial charge in [0.1, 0.15) is 23.9 Å². The predicted octanol–water partition coefficient (Wildman–Crippen LogP) is 7.00. The summed E-state index contributed by atoms with van der Waals surface area (Å²) in [5, 5.41) is 6.74. The molecule has 3 aromatic carbocycles. The number of aromatic nitrogens is 2. The molecule has 0 aliphatic rings. The summed E-state index contributed by atoms with van der Waals surface area (Å²) in [4.78, 5) is 11.8. The number of anilines is 4. The molecule has 7 heteroatoms. The van der Waals surface area contributed by atoms with Crippen molar-refractivity contribution in [3.63, 3.8) is 0 Å². The minimum Gasteiger partial charge on any atom is -0.495 e. The molecule has 0 aliphatic carbocycles. The average molecular weight is 510 g/mol. The van der Waals surface area contributed by atoms with Crippen LogP contribution >= 0.6 is 0 Å². The van der Waals surface area contributed by atoms with Crippen molar-refractivity contribution in [2.24, 2.45) is 0 Å². The standard InChI is InChI=1S/C31H35N5O2/c1-5-23-12-14-24(15-13-23)27-22-32-31(35-30(27)34-28-10-8-9-11-29(28)37-4)33-25-16-18-26(19-17-25)38-21-20-36(6-2)7-3/h5,8-19,22H,1,6-7,20-21H2,2-4H3,(H2,32,33,34,35). The quantitative estimate of drug-likeness (QED) is 0.201. The zero-order chi connectivity index (χ0) is 26.7. The lowest BCUT2D eigenvalue weighted by atomic mass is 10.1. The molecule has 4 rings (SSSR count). The maximum atomic E-state index is 5.91. The fraction of sp³-hybridized carbons (Fsp3) is 0.226. The first-order valence-electron chi connectivity index (χ1n) is 12.9. The summed E-state index contributed by atoms with van der Waals surface area (Å²) in [6.07, 6.45) is 3.64. The molecular formula is C31H35N5O2. The number of para-hydroxylation sites is 2. The zero-order valence-corrected chi connectivity index (χ0v) is 22.3. The van der Waals surface area contributed by atoms with Crippen molar-refractivity contribution < 1.29 is 9.47 Å². The van der Waals surface area contributed by atoms with Gasteiger partial charge in [0.15, 0.2) is 0 Å². The van der Waals surface area contributed by atoms with E-state index >= 15 is 0 Å². The van der Waals surface area contributed by atoms with Gasteiger partial charge in [-0.3, -0.25) is 0 Å². The van der Waals surface area contributed by atoms with Gasteiger partial charge in [0.05, 0.1) is 12.8 Å². The van der Waals surface area contributed by atoms with Gasteiger partial charge < -0.3 is 25.0 Å². The third kappa shape index (κ3) is 6.89. The van der Waals surface area contributed by atoms with Crippen molar-refractivity contribution in [1.29, 1.82) is 0 Å². The van der Waals surface area contributed by atoms with E-state index < -0.39 is 0 Å². The Labute approximate surface area is 225 Å². The Kier molecular flexibility index (Phi) is 9.32. The number of hydrogen-bond donors (Lipinski definition) is 2. The monoisotopic (exact) mass is 509 g/mol. The van der Waals surface area contributed by atoms with Crippen molar-refractivity contribution in [1.82, 2.24) is 14.9 Å². The summed E-state index contributed by atoms with van der Waals surface area (Å²) < 4.78 is 11.4. The summed E-state index contributed by atoms with van der Waals surface area (Å²) >= 11 is 0. The second kappa shape index (κ2) is 13.3. The van der Waals surface area contributed by atoms with Crippen LogP contribution in [-0.4, -0.2) is 48.2 Å². The molecule has 0 aliphatic heterocycles. The largest absolute Gasteiger partial charge is 0.495 e. The fourth-order valence-corrected chi connectivity index (χ4v) is 4.02. The SMILES string of the molecule is C=Cc1ccc(-c2cnc(Nc3ccc(OCCN(CC)CC)cc3)nc2Nc2ccccc2OC)cc1. The van der Waals surface area contributed by atoms with E-state index in [2.05, 4.69) is 40.9 Å². The lowest BCUT2D eigenvalue weighted by Gasteiger charge is -2.18. The molecule has 0 fully saturated rings. The first kappa shape index (κ1) is 26.7. The Balaban J connectivity index is 1.55. The van der Waals surface area contributed by atoms with E-state index in [-0.39, 0.29) is 0 Å². The molecule has 4 aromatic rings. The van der Waals surface area contributed by atoms with Crippen LogP contribution in [0.15, 0.2) is 85.6 Å². The molecule has 0 amide bonds. The molecule has 1 heterocycles. The number of likely N-dealkylation sites (N-methyl/N-ethyl adjacent to an activating group) is 1. The maximum Gasteiger partial charge on any atom is 0.229 e. The number of methoxy groups -OCH3 is 1. The van der Waals surface area contributed by atoms with Crippen LogP contribution in [0.1, 0.15) is 19.4 Å². The van der Waals surface area contributed by atoms with Crippen LogP contribution in [0.2, 0.25) is 0 Å². The van der Waals surface area contributed by atoms with Crippen LogP contribution < -0.4 is 20.1 Å². The van der Waals surface area contributed by atoms with Crippen molar-refractivity contribution in [2.45, 2.75) is 13.8 Å². The highest BCUT2D eigenvalue weighted by Gasteiger charge is 2.13. The molecule has 0 bridgehead atoms. The fourth-order valence-electron chi connectivity index (χ4n) is 4.02. The van der Waals surface area contributed by atoms with Gasteiger partial charge in [0, 0.05) is 24.0 Å². The van der Waals surface area contributed by atoms with Gasteiger partial charge in [0.25, 0.3) is 0 Å². The molecule has 0 saturated heterocycles. The number of benzene rings is 3. The number of rotatable bonds is 13. The van der Waals surface area contributed by atoms with Gasteiger partial charge in [-0.25, -0.2) is 4.98 Å². The summed E-state index contributed by atoms with van der Waals surface area (Å²) in [7, 11) is 1.65. The molecule has 0 radical (unpaired) electrons. The van der Waals surface area contributed by atoms with Crippen LogP contribution in [0, 0.1) is 0 Å². The van der Waals surface area contributed by atoms with Gasteiger partial charge in [-0.1, -0.05) is 62.9 Å². The normalized spacial score (nSPS) is 10.7. The highest BCUT2D eigenvalue weighted by Crippen LogP contribution is 2.33. The second-order valence-electron chi connectivity index (χ2n) is 8.63. The van der Waals surface area contributed by atoms with E-state index in [1.165, 1.54) is 0 Å². The average Bonchev–Trinajstić information content (AvgIpc) is 2.97.